The molecule has 0 bridgehead atoms. The lowest BCUT2D eigenvalue weighted by atomic mass is 10.2. The molecule has 0 aliphatic carbocycles. The van der Waals surface area contributed by atoms with E-state index >= 15 is 0 Å². The highest BCUT2D eigenvalue weighted by molar-refractivity contribution is 7.89. The molecular formula is C28H24ClFN2O4S. The van der Waals surface area contributed by atoms with Crippen LogP contribution in [0, 0.1) is 12.7 Å². The standard InChI is InChI=1S/C28H24ClFN2O4S/c1-20-14-16-22(17-15-20)37(34,35)32(18-23-24(29)10-7-11-25(23)30)19-28(33)31-26-12-5-6-13-27(26)36-21-8-3-2-4-9-21/h2-17H,18-19H2,1H3,(H,31,33). The van der Waals surface area contributed by atoms with Gasteiger partial charge in [0.05, 0.1) is 17.1 Å². The average molecular weight is 539 g/mol. The second-order valence-electron chi connectivity index (χ2n) is 8.25. The Hall–Kier alpha value is -3.72. The zero-order valence-corrected chi connectivity index (χ0v) is 21.5. The third kappa shape index (κ3) is 6.54. The summed E-state index contributed by atoms with van der Waals surface area (Å²) in [7, 11) is -4.18. The number of nitrogens with zero attached hydrogens (tertiary/aromatic N) is 1. The summed E-state index contributed by atoms with van der Waals surface area (Å²) in [5.41, 5.74) is 1.20. The molecule has 1 N–H and O–H groups in total. The van der Waals surface area contributed by atoms with E-state index in [1.165, 1.54) is 30.3 Å². The van der Waals surface area contributed by atoms with Gasteiger partial charge in [-0.05, 0) is 55.5 Å². The Morgan fingerprint density at radius 1 is 0.919 bits per heavy atom. The molecule has 0 fully saturated rings. The average Bonchev–Trinajstić information content (AvgIpc) is 2.87. The van der Waals surface area contributed by atoms with E-state index in [9.17, 15) is 17.6 Å². The fourth-order valence-corrected chi connectivity index (χ4v) is 5.16. The van der Waals surface area contributed by atoms with Crippen molar-refractivity contribution in [3.63, 3.8) is 0 Å². The Morgan fingerprint density at radius 2 is 1.59 bits per heavy atom. The third-order valence-electron chi connectivity index (χ3n) is 5.51. The highest BCUT2D eigenvalue weighted by atomic mass is 35.5. The lowest BCUT2D eigenvalue weighted by Crippen LogP contribution is -2.38. The van der Waals surface area contributed by atoms with Crippen molar-refractivity contribution in [2.45, 2.75) is 18.4 Å². The first-order valence-electron chi connectivity index (χ1n) is 11.4. The Morgan fingerprint density at radius 3 is 2.30 bits per heavy atom. The second-order valence-corrected chi connectivity index (χ2v) is 10.6. The van der Waals surface area contributed by atoms with Gasteiger partial charge in [-0.3, -0.25) is 4.79 Å². The minimum Gasteiger partial charge on any atom is -0.455 e. The third-order valence-corrected chi connectivity index (χ3v) is 7.67. The fourth-order valence-electron chi connectivity index (χ4n) is 3.57. The number of rotatable bonds is 9. The van der Waals surface area contributed by atoms with Crippen LogP contribution in [0.1, 0.15) is 11.1 Å². The van der Waals surface area contributed by atoms with Crippen molar-refractivity contribution in [2.75, 3.05) is 11.9 Å². The van der Waals surface area contributed by atoms with E-state index < -0.39 is 34.8 Å². The van der Waals surface area contributed by atoms with E-state index in [1.54, 1.807) is 48.5 Å². The molecule has 37 heavy (non-hydrogen) atoms. The van der Waals surface area contributed by atoms with Gasteiger partial charge in [0.15, 0.2) is 5.75 Å². The maximum absolute atomic E-state index is 14.6. The summed E-state index contributed by atoms with van der Waals surface area (Å²) in [6.07, 6.45) is 0. The van der Waals surface area contributed by atoms with E-state index in [0.29, 0.717) is 17.2 Å². The number of benzene rings is 4. The Balaban J connectivity index is 1.62. The van der Waals surface area contributed by atoms with Crippen molar-refractivity contribution >= 4 is 33.2 Å². The molecule has 0 aliphatic rings. The van der Waals surface area contributed by atoms with E-state index in [0.717, 1.165) is 9.87 Å². The number of halogens is 2. The smallest absolute Gasteiger partial charge is 0.243 e. The van der Waals surface area contributed by atoms with Crippen LogP contribution >= 0.6 is 11.6 Å². The number of nitrogens with one attached hydrogen (secondary N) is 1. The molecule has 0 heterocycles. The number of aryl methyl sites for hydroxylation is 1. The summed E-state index contributed by atoms with van der Waals surface area (Å²) in [6.45, 7) is 0.813. The van der Waals surface area contributed by atoms with Crippen LogP contribution < -0.4 is 10.1 Å². The Labute approximate surface area is 220 Å². The molecule has 6 nitrogen and oxygen atoms in total. The van der Waals surface area contributed by atoms with Crippen LogP contribution in [0.3, 0.4) is 0 Å². The van der Waals surface area contributed by atoms with Gasteiger partial charge in [0.1, 0.15) is 11.6 Å². The molecule has 1 amide bonds. The first-order valence-corrected chi connectivity index (χ1v) is 13.2. The lowest BCUT2D eigenvalue weighted by Gasteiger charge is -2.23. The molecular weight excluding hydrogens is 515 g/mol. The molecule has 4 rings (SSSR count). The lowest BCUT2D eigenvalue weighted by molar-refractivity contribution is -0.116. The van der Waals surface area contributed by atoms with Gasteiger partial charge in [-0.15, -0.1) is 0 Å². The molecule has 4 aromatic rings. The molecule has 0 saturated carbocycles. The second kappa shape index (κ2) is 11.6. The van der Waals surface area contributed by atoms with E-state index in [4.69, 9.17) is 16.3 Å². The topological polar surface area (TPSA) is 75.7 Å². The number of ether oxygens (including phenoxy) is 1. The van der Waals surface area contributed by atoms with Crippen molar-refractivity contribution in [1.82, 2.24) is 4.31 Å². The summed E-state index contributed by atoms with van der Waals surface area (Å²) < 4.78 is 48.4. The van der Waals surface area contributed by atoms with Crippen LogP contribution in [0.25, 0.3) is 0 Å². The van der Waals surface area contributed by atoms with E-state index in [1.807, 2.05) is 25.1 Å². The van der Waals surface area contributed by atoms with Gasteiger partial charge in [-0.25, -0.2) is 12.8 Å². The van der Waals surface area contributed by atoms with Crippen LogP contribution in [0.5, 0.6) is 11.5 Å². The van der Waals surface area contributed by atoms with Crippen molar-refractivity contribution in [3.05, 3.63) is 119 Å². The number of hydrogen-bond acceptors (Lipinski definition) is 4. The number of amides is 1. The van der Waals surface area contributed by atoms with Crippen molar-refractivity contribution in [1.29, 1.82) is 0 Å². The normalized spacial score (nSPS) is 11.4. The first kappa shape index (κ1) is 26.3. The summed E-state index contributed by atoms with van der Waals surface area (Å²) in [6, 6.07) is 26.1. The van der Waals surface area contributed by atoms with Gasteiger partial charge >= 0.3 is 0 Å². The first-order chi connectivity index (χ1) is 17.7. The number of hydrogen-bond donors (Lipinski definition) is 1. The van der Waals surface area contributed by atoms with Crippen molar-refractivity contribution in [2.24, 2.45) is 0 Å². The Bertz CT molecular complexity index is 1480. The van der Waals surface area contributed by atoms with Gasteiger partial charge in [-0.1, -0.05) is 65.7 Å². The van der Waals surface area contributed by atoms with Crippen LogP contribution in [-0.4, -0.2) is 25.2 Å². The van der Waals surface area contributed by atoms with Gasteiger partial charge in [-0.2, -0.15) is 4.31 Å². The van der Waals surface area contributed by atoms with E-state index in [2.05, 4.69) is 5.32 Å². The largest absolute Gasteiger partial charge is 0.455 e. The minimum atomic E-state index is -4.18. The van der Waals surface area contributed by atoms with Gasteiger partial charge < -0.3 is 10.1 Å². The predicted molar refractivity (Wildman–Crippen MR) is 142 cm³/mol. The van der Waals surface area contributed by atoms with Gasteiger partial charge in [0.2, 0.25) is 15.9 Å². The monoisotopic (exact) mass is 538 g/mol. The molecule has 190 valence electrons. The number of carbonyl (C=O) groups is 1. The zero-order valence-electron chi connectivity index (χ0n) is 19.9. The quantitative estimate of drug-likeness (QED) is 0.267. The summed E-state index contributed by atoms with van der Waals surface area (Å²) in [4.78, 5) is 13.1. The molecule has 0 aromatic heterocycles. The van der Waals surface area contributed by atoms with Gasteiger partial charge in [0.25, 0.3) is 0 Å². The van der Waals surface area contributed by atoms with Crippen molar-refractivity contribution in [3.8, 4) is 11.5 Å². The number of para-hydroxylation sites is 3. The molecule has 0 radical (unpaired) electrons. The summed E-state index contributed by atoms with van der Waals surface area (Å²) in [5, 5.41) is 2.77. The van der Waals surface area contributed by atoms with Crippen LogP contribution in [-0.2, 0) is 21.4 Å². The summed E-state index contributed by atoms with van der Waals surface area (Å²) >= 11 is 6.18. The number of sulfonamides is 1. The molecule has 0 unspecified atom stereocenters. The van der Waals surface area contributed by atoms with Crippen LogP contribution in [0.15, 0.2) is 102 Å². The molecule has 0 saturated heterocycles. The van der Waals surface area contributed by atoms with Crippen LogP contribution in [0.4, 0.5) is 10.1 Å². The molecule has 4 aromatic carbocycles. The number of carbonyl (C=O) groups excluding carboxylic acids is 1. The number of anilines is 1. The molecule has 0 atom stereocenters. The van der Waals surface area contributed by atoms with Crippen molar-refractivity contribution < 1.29 is 22.3 Å². The SMILES string of the molecule is Cc1ccc(S(=O)(=O)N(CC(=O)Nc2ccccc2Oc2ccccc2)Cc2c(F)cccc2Cl)cc1. The minimum absolute atomic E-state index is 0.0221. The highest BCUT2D eigenvalue weighted by Gasteiger charge is 2.29. The molecule has 9 heteroatoms. The molecule has 0 aliphatic heterocycles. The zero-order chi connectivity index (χ0) is 26.4. The highest BCUT2D eigenvalue weighted by Crippen LogP contribution is 2.30. The van der Waals surface area contributed by atoms with Crippen LogP contribution in [0.2, 0.25) is 5.02 Å². The maximum Gasteiger partial charge on any atom is 0.243 e. The summed E-state index contributed by atoms with van der Waals surface area (Å²) in [5.74, 6) is -0.347. The maximum atomic E-state index is 14.6. The molecule has 0 spiro atoms. The predicted octanol–water partition coefficient (Wildman–Crippen LogP) is 6.41. The Kier molecular flexibility index (Phi) is 8.23. The fraction of sp³-hybridized carbons (Fsp3) is 0.107. The van der Waals surface area contributed by atoms with Gasteiger partial charge in [0, 0.05) is 17.1 Å². The van der Waals surface area contributed by atoms with E-state index in [-0.39, 0.29) is 15.5 Å².